The van der Waals surface area contributed by atoms with E-state index in [1.54, 1.807) is 13.0 Å². The fourth-order valence-corrected chi connectivity index (χ4v) is 4.18. The predicted molar refractivity (Wildman–Crippen MR) is 150 cm³/mol. The minimum absolute atomic E-state index is 0.0148. The summed E-state index contributed by atoms with van der Waals surface area (Å²) in [7, 11) is 0. The highest BCUT2D eigenvalue weighted by Gasteiger charge is 2.30. The van der Waals surface area contributed by atoms with Gasteiger partial charge in [0.15, 0.2) is 5.82 Å². The molecule has 2 heterocycles. The number of likely N-dealkylation sites (tertiary alicyclic amines) is 1. The van der Waals surface area contributed by atoms with E-state index < -0.39 is 29.3 Å². The molecule has 0 unspecified atom stereocenters. The fourth-order valence-electron chi connectivity index (χ4n) is 4.02. The van der Waals surface area contributed by atoms with Crippen molar-refractivity contribution in [1.82, 2.24) is 20.2 Å². The van der Waals surface area contributed by atoms with Crippen LogP contribution >= 0.6 is 11.6 Å². The average molecular weight is 591 g/mol. The molecule has 2 aromatic rings. The van der Waals surface area contributed by atoms with E-state index >= 15 is 0 Å². The number of alkyl halides is 2. The van der Waals surface area contributed by atoms with Crippen LogP contribution < -0.4 is 22.5 Å². The number of nitrogens with two attached hydrogens (primary N) is 3. The van der Waals surface area contributed by atoms with Crippen LogP contribution in [0.2, 0.25) is 5.02 Å². The largest absolute Gasteiger partial charge is 0.403 e. The van der Waals surface area contributed by atoms with Crippen LogP contribution in [0.25, 0.3) is 11.3 Å². The molecule has 0 bridgehead atoms. The Morgan fingerprint density at radius 2 is 2.05 bits per heavy atom. The Morgan fingerprint density at radius 3 is 2.66 bits per heavy atom. The second-order valence-corrected chi connectivity index (χ2v) is 9.74. The van der Waals surface area contributed by atoms with Crippen molar-refractivity contribution in [2.75, 3.05) is 13.1 Å². The topological polar surface area (TPSA) is 166 Å². The van der Waals surface area contributed by atoms with Crippen LogP contribution in [-0.4, -0.2) is 46.0 Å². The number of benzene rings is 1. The van der Waals surface area contributed by atoms with E-state index in [4.69, 9.17) is 28.8 Å². The number of halogens is 4. The van der Waals surface area contributed by atoms with E-state index in [0.717, 1.165) is 31.0 Å². The second-order valence-electron chi connectivity index (χ2n) is 9.33. The Labute approximate surface area is 239 Å². The van der Waals surface area contributed by atoms with Crippen LogP contribution in [0.3, 0.4) is 0 Å². The van der Waals surface area contributed by atoms with Crippen molar-refractivity contribution >= 4 is 29.6 Å². The number of aryl methyl sites for hydroxylation is 1. The van der Waals surface area contributed by atoms with Gasteiger partial charge in [-0.15, -0.1) is 0 Å². The first-order valence-electron chi connectivity index (χ1n) is 12.4. The van der Waals surface area contributed by atoms with Crippen LogP contribution in [0.1, 0.15) is 48.4 Å². The molecule has 1 aliphatic heterocycles. The van der Waals surface area contributed by atoms with Crippen LogP contribution in [0, 0.1) is 18.7 Å². The zero-order chi connectivity index (χ0) is 30.4. The van der Waals surface area contributed by atoms with Gasteiger partial charge in [0.05, 0.1) is 34.8 Å². The number of nitrogens with one attached hydrogen (secondary N) is 1. The molecule has 1 saturated heterocycles. The van der Waals surface area contributed by atoms with Gasteiger partial charge in [0.2, 0.25) is 5.91 Å². The monoisotopic (exact) mass is 590 g/mol. The Morgan fingerprint density at radius 1 is 1.34 bits per heavy atom. The smallest absolute Gasteiger partial charge is 0.276 e. The molecule has 0 radical (unpaired) electrons. The molecule has 0 spiro atoms. The van der Waals surface area contributed by atoms with Crippen LogP contribution in [0.15, 0.2) is 58.4 Å². The Kier molecular flexibility index (Phi) is 10.1. The van der Waals surface area contributed by atoms with Gasteiger partial charge in [0.25, 0.3) is 12.3 Å². The van der Waals surface area contributed by atoms with Crippen molar-refractivity contribution in [3.8, 4) is 11.3 Å². The molecule has 0 saturated carbocycles. The third-order valence-corrected chi connectivity index (χ3v) is 6.59. The summed E-state index contributed by atoms with van der Waals surface area (Å²) in [6.45, 7) is 5.59. The molecule has 2 amide bonds. The maximum Gasteiger partial charge on any atom is 0.276 e. The van der Waals surface area contributed by atoms with E-state index in [2.05, 4.69) is 20.3 Å². The maximum atomic E-state index is 14.7. The Hall–Kier alpha value is -4.39. The molecule has 0 aliphatic carbocycles. The second kappa shape index (κ2) is 13.3. The molecule has 10 nitrogen and oxygen atoms in total. The van der Waals surface area contributed by atoms with Crippen LogP contribution in [-0.2, 0) is 4.79 Å². The molecule has 1 aliphatic rings. The Balaban J connectivity index is 1.75. The minimum atomic E-state index is -3.02. The maximum absolute atomic E-state index is 14.7. The zero-order valence-electron chi connectivity index (χ0n) is 22.6. The van der Waals surface area contributed by atoms with Crippen LogP contribution in [0.5, 0.6) is 0 Å². The number of amides is 2. The summed E-state index contributed by atoms with van der Waals surface area (Å²) in [5, 5.41) is 2.10. The van der Waals surface area contributed by atoms with Gasteiger partial charge >= 0.3 is 0 Å². The normalized spacial score (nSPS) is 17.0. The summed E-state index contributed by atoms with van der Waals surface area (Å²) < 4.78 is 41.8. The van der Waals surface area contributed by atoms with Crippen molar-refractivity contribution in [2.24, 2.45) is 28.1 Å². The van der Waals surface area contributed by atoms with Crippen molar-refractivity contribution in [3.63, 3.8) is 0 Å². The quantitative estimate of drug-likeness (QED) is 0.255. The lowest BCUT2D eigenvalue weighted by molar-refractivity contribution is -0.129. The molecule has 1 atom stereocenters. The van der Waals surface area contributed by atoms with Crippen LogP contribution in [0.4, 0.5) is 13.2 Å². The molecule has 14 heteroatoms. The van der Waals surface area contributed by atoms with Crippen molar-refractivity contribution in [2.45, 2.75) is 33.6 Å². The SMILES string of the molecule is CC(/C=C(\N)CN=C/C(=C\N)NC(=O)c1nc(-c2c(C(F)F)ccc(Cl)c2F)cnc1C)=C(/N)N1CC[C@@H](C)C1=O. The molecule has 218 valence electrons. The average Bonchev–Trinajstić information content (AvgIpc) is 3.26. The number of hydrogen-bond donors (Lipinski definition) is 4. The van der Waals surface area contributed by atoms with Gasteiger partial charge in [-0.05, 0) is 38.0 Å². The zero-order valence-corrected chi connectivity index (χ0v) is 23.3. The van der Waals surface area contributed by atoms with E-state index in [1.165, 1.54) is 18.0 Å². The van der Waals surface area contributed by atoms with Crippen molar-refractivity contribution in [1.29, 1.82) is 0 Å². The lowest BCUT2D eigenvalue weighted by Gasteiger charge is -2.18. The third kappa shape index (κ3) is 7.23. The van der Waals surface area contributed by atoms with E-state index in [9.17, 15) is 22.8 Å². The number of allylic oxidation sites excluding steroid dienone is 3. The highest BCUT2D eigenvalue weighted by molar-refractivity contribution is 6.31. The van der Waals surface area contributed by atoms with Crippen molar-refractivity contribution in [3.05, 3.63) is 81.2 Å². The molecule has 41 heavy (non-hydrogen) atoms. The third-order valence-electron chi connectivity index (χ3n) is 6.30. The highest BCUT2D eigenvalue weighted by Crippen LogP contribution is 2.35. The highest BCUT2D eigenvalue weighted by atomic mass is 35.5. The standard InChI is InChI=1S/C27H30ClF3N8O2/c1-13-6-7-39(27(13)41)25(34)14(2)8-16(33)10-35-11-17(9-32)37-26(40)23-15(3)36-12-20(38-23)21-18(24(30)31)4-5-19(28)22(21)29/h4-5,8-9,11-13,24H,6-7,10,32-34H2,1-3H3,(H,37,40)/b16-8-,17-9+,25-14+,35-11?/t13-/m1/s1. The van der Waals surface area contributed by atoms with Gasteiger partial charge in [0.1, 0.15) is 11.5 Å². The molecule has 1 aromatic heterocycles. The number of carbonyl (C=O) groups is 2. The summed E-state index contributed by atoms with van der Waals surface area (Å²) >= 11 is 5.80. The predicted octanol–water partition coefficient (Wildman–Crippen LogP) is 3.68. The molecular formula is C27H30ClF3N8O2. The Bertz CT molecular complexity index is 1470. The van der Waals surface area contributed by atoms with E-state index in [0.29, 0.717) is 23.6 Å². The van der Waals surface area contributed by atoms with Gasteiger partial charge in [-0.25, -0.2) is 18.2 Å². The number of carbonyl (C=O) groups excluding carboxylic acids is 2. The van der Waals surface area contributed by atoms with Gasteiger partial charge in [0, 0.05) is 41.7 Å². The number of aromatic nitrogens is 2. The number of aliphatic imine (C=N–C) groups is 1. The minimum Gasteiger partial charge on any atom is -0.403 e. The fraction of sp³-hybridized carbons (Fsp3) is 0.296. The van der Waals surface area contributed by atoms with E-state index in [-0.39, 0.29) is 46.2 Å². The summed E-state index contributed by atoms with van der Waals surface area (Å²) in [6, 6.07) is 1.99. The molecular weight excluding hydrogens is 561 g/mol. The lowest BCUT2D eigenvalue weighted by Crippen LogP contribution is -2.31. The first kappa shape index (κ1) is 31.1. The van der Waals surface area contributed by atoms with Gasteiger partial charge in [-0.3, -0.25) is 24.5 Å². The number of rotatable bonds is 9. The number of hydrogen-bond acceptors (Lipinski definition) is 8. The molecule has 1 aromatic carbocycles. The molecule has 3 rings (SSSR count). The van der Waals surface area contributed by atoms with Gasteiger partial charge in [-0.1, -0.05) is 24.6 Å². The van der Waals surface area contributed by atoms with E-state index in [1.807, 2.05) is 6.92 Å². The summed E-state index contributed by atoms with van der Waals surface area (Å²) in [6.07, 6.45) is 2.70. The summed E-state index contributed by atoms with van der Waals surface area (Å²) in [5.41, 5.74) is 17.2. The summed E-state index contributed by atoms with van der Waals surface area (Å²) in [4.78, 5) is 38.9. The van der Waals surface area contributed by atoms with Gasteiger partial charge in [-0.2, -0.15) is 0 Å². The van der Waals surface area contributed by atoms with Gasteiger partial charge < -0.3 is 22.5 Å². The first-order chi connectivity index (χ1) is 19.3. The molecule has 1 fully saturated rings. The number of nitrogens with zero attached hydrogens (tertiary/aromatic N) is 4. The molecule has 7 N–H and O–H groups in total. The first-order valence-corrected chi connectivity index (χ1v) is 12.8. The van der Waals surface area contributed by atoms with Crippen molar-refractivity contribution < 1.29 is 22.8 Å². The lowest BCUT2D eigenvalue weighted by atomic mass is 10.0. The summed E-state index contributed by atoms with van der Waals surface area (Å²) in [5.74, 6) is -1.71.